The Morgan fingerprint density at radius 2 is 1.88 bits per heavy atom. The first-order valence-electron chi connectivity index (χ1n) is 7.88. The molecule has 0 aliphatic carbocycles. The Morgan fingerprint density at radius 3 is 2.52 bits per heavy atom. The van der Waals surface area contributed by atoms with Crippen LogP contribution >= 0.6 is 11.3 Å². The van der Waals surface area contributed by atoms with E-state index < -0.39 is 10.0 Å². The van der Waals surface area contributed by atoms with Gasteiger partial charge in [-0.25, -0.2) is 13.4 Å². The Kier molecular flexibility index (Phi) is 5.06. The van der Waals surface area contributed by atoms with E-state index in [2.05, 4.69) is 28.0 Å². The van der Waals surface area contributed by atoms with Crippen LogP contribution in [-0.4, -0.2) is 13.4 Å². The predicted molar refractivity (Wildman–Crippen MR) is 103 cm³/mol. The number of nitrogens with one attached hydrogen (secondary N) is 2. The van der Waals surface area contributed by atoms with Gasteiger partial charge in [-0.3, -0.25) is 4.72 Å². The van der Waals surface area contributed by atoms with Crippen molar-refractivity contribution in [1.82, 2.24) is 4.98 Å². The third-order valence-electron chi connectivity index (χ3n) is 3.66. The lowest BCUT2D eigenvalue weighted by Gasteiger charge is -2.11. The smallest absolute Gasteiger partial charge is 0.271 e. The number of thiophene rings is 1. The van der Waals surface area contributed by atoms with Crippen molar-refractivity contribution in [1.29, 1.82) is 0 Å². The molecule has 0 fully saturated rings. The Hall–Kier alpha value is -2.38. The molecule has 0 radical (unpaired) electrons. The van der Waals surface area contributed by atoms with Crippen molar-refractivity contribution in [3.63, 3.8) is 0 Å². The van der Waals surface area contributed by atoms with Gasteiger partial charge in [-0.15, -0.1) is 11.3 Å². The molecule has 0 saturated carbocycles. The Labute approximate surface area is 151 Å². The van der Waals surface area contributed by atoms with Crippen LogP contribution in [0.1, 0.15) is 17.4 Å². The van der Waals surface area contributed by atoms with Crippen molar-refractivity contribution in [3.8, 4) is 0 Å². The topological polar surface area (TPSA) is 71.1 Å². The van der Waals surface area contributed by atoms with Gasteiger partial charge in [0.2, 0.25) is 0 Å². The molecule has 0 aliphatic heterocycles. The zero-order valence-electron chi connectivity index (χ0n) is 14.0. The van der Waals surface area contributed by atoms with Crippen molar-refractivity contribution in [2.24, 2.45) is 0 Å². The predicted octanol–water partition coefficient (Wildman–Crippen LogP) is 4.56. The lowest BCUT2D eigenvalue weighted by atomic mass is 10.1. The third kappa shape index (κ3) is 4.18. The van der Waals surface area contributed by atoms with Crippen molar-refractivity contribution in [2.45, 2.75) is 24.5 Å². The van der Waals surface area contributed by atoms with Gasteiger partial charge in [0, 0.05) is 10.6 Å². The fourth-order valence-corrected chi connectivity index (χ4v) is 4.71. The van der Waals surface area contributed by atoms with Crippen LogP contribution in [0.4, 0.5) is 17.2 Å². The van der Waals surface area contributed by atoms with Gasteiger partial charge in [0.25, 0.3) is 10.0 Å². The van der Waals surface area contributed by atoms with Crippen LogP contribution in [0, 0.1) is 6.92 Å². The minimum absolute atomic E-state index is 0.295. The maximum atomic E-state index is 12.3. The summed E-state index contributed by atoms with van der Waals surface area (Å²) in [5.41, 5.74) is 2.63. The zero-order valence-corrected chi connectivity index (χ0v) is 15.6. The Bertz CT molecular complexity index is 964. The molecule has 0 aliphatic rings. The van der Waals surface area contributed by atoms with E-state index in [4.69, 9.17) is 0 Å². The molecule has 2 N–H and O–H groups in total. The van der Waals surface area contributed by atoms with Gasteiger partial charge in [-0.2, -0.15) is 0 Å². The van der Waals surface area contributed by atoms with Crippen molar-refractivity contribution in [2.75, 3.05) is 10.0 Å². The van der Waals surface area contributed by atoms with Crippen LogP contribution in [0.25, 0.3) is 0 Å². The van der Waals surface area contributed by atoms with E-state index in [-0.39, 0.29) is 0 Å². The number of benzene rings is 1. The average molecular weight is 374 g/mol. The molecule has 0 spiro atoms. The summed E-state index contributed by atoms with van der Waals surface area (Å²) in [5.74, 6) is 0.663. The van der Waals surface area contributed by atoms with E-state index >= 15 is 0 Å². The van der Waals surface area contributed by atoms with E-state index in [0.29, 0.717) is 15.7 Å². The molecule has 7 heteroatoms. The second kappa shape index (κ2) is 7.25. The molecular weight excluding hydrogens is 354 g/mol. The highest BCUT2D eigenvalue weighted by molar-refractivity contribution is 7.94. The number of nitrogens with zero attached hydrogens (tertiary/aromatic N) is 1. The summed E-state index contributed by atoms with van der Waals surface area (Å²) >= 11 is 1.24. The largest absolute Gasteiger partial charge is 0.340 e. The fraction of sp³-hybridized carbons (Fsp3) is 0.167. The maximum Gasteiger partial charge on any atom is 0.271 e. The van der Waals surface area contributed by atoms with E-state index in [1.165, 1.54) is 23.1 Å². The molecule has 2 heterocycles. The molecule has 0 bridgehead atoms. The number of pyridine rings is 1. The highest BCUT2D eigenvalue weighted by Crippen LogP contribution is 2.24. The molecule has 5 nitrogen and oxygen atoms in total. The lowest BCUT2D eigenvalue weighted by molar-refractivity contribution is 0.603. The quantitative estimate of drug-likeness (QED) is 0.664. The van der Waals surface area contributed by atoms with Gasteiger partial charge in [-0.1, -0.05) is 25.1 Å². The molecule has 3 rings (SSSR count). The van der Waals surface area contributed by atoms with Gasteiger partial charge in [-0.05, 0) is 49.2 Å². The number of hydrogen-bond acceptors (Lipinski definition) is 5. The number of rotatable bonds is 6. The molecule has 130 valence electrons. The molecular formula is C18H19N3O2S2. The standard InChI is InChI=1S/C18H19N3O2S2/c1-3-14-6-4-5-7-16(14)20-17-10-9-15(12-19-17)21-25(22,23)18-11-8-13(2)24-18/h4-12,21H,3H2,1-2H3,(H,19,20). The molecule has 2 aromatic heterocycles. The number of aromatic nitrogens is 1. The second-order valence-electron chi connectivity index (χ2n) is 5.54. The van der Waals surface area contributed by atoms with Crippen LogP contribution in [0.15, 0.2) is 58.9 Å². The molecule has 0 saturated heterocycles. The molecule has 0 amide bonds. The Morgan fingerprint density at radius 1 is 1.08 bits per heavy atom. The number of aryl methyl sites for hydroxylation is 2. The van der Waals surface area contributed by atoms with Crippen molar-refractivity contribution in [3.05, 3.63) is 65.2 Å². The zero-order chi connectivity index (χ0) is 17.9. The van der Waals surface area contributed by atoms with Crippen LogP contribution < -0.4 is 10.0 Å². The van der Waals surface area contributed by atoms with Gasteiger partial charge >= 0.3 is 0 Å². The molecule has 25 heavy (non-hydrogen) atoms. The summed E-state index contributed by atoms with van der Waals surface area (Å²) in [7, 11) is -3.57. The number of sulfonamides is 1. The number of para-hydroxylation sites is 1. The first kappa shape index (κ1) is 17.4. The minimum Gasteiger partial charge on any atom is -0.340 e. The van der Waals surface area contributed by atoms with Crippen molar-refractivity contribution < 1.29 is 8.42 Å². The van der Waals surface area contributed by atoms with Crippen LogP contribution in [0.5, 0.6) is 0 Å². The second-order valence-corrected chi connectivity index (χ2v) is 8.74. The van der Waals surface area contributed by atoms with E-state index in [1.54, 1.807) is 24.3 Å². The summed E-state index contributed by atoms with van der Waals surface area (Å²) in [5, 5.41) is 3.26. The van der Waals surface area contributed by atoms with Gasteiger partial charge < -0.3 is 5.32 Å². The van der Waals surface area contributed by atoms with Crippen LogP contribution in [0.3, 0.4) is 0 Å². The van der Waals surface area contributed by atoms with Gasteiger partial charge in [0.15, 0.2) is 0 Å². The van der Waals surface area contributed by atoms with E-state index in [0.717, 1.165) is 17.0 Å². The molecule has 1 aromatic carbocycles. The van der Waals surface area contributed by atoms with Gasteiger partial charge in [0.1, 0.15) is 10.0 Å². The fourth-order valence-electron chi connectivity index (χ4n) is 2.38. The summed E-state index contributed by atoms with van der Waals surface area (Å²) < 4.78 is 27.5. The normalized spacial score (nSPS) is 11.3. The highest BCUT2D eigenvalue weighted by atomic mass is 32.2. The molecule has 0 atom stereocenters. The average Bonchev–Trinajstić information content (AvgIpc) is 3.04. The summed E-state index contributed by atoms with van der Waals surface area (Å²) in [6.07, 6.45) is 2.43. The third-order valence-corrected chi connectivity index (χ3v) is 6.53. The first-order valence-corrected chi connectivity index (χ1v) is 10.2. The Balaban J connectivity index is 1.74. The lowest BCUT2D eigenvalue weighted by Crippen LogP contribution is -2.11. The SMILES string of the molecule is CCc1ccccc1Nc1ccc(NS(=O)(=O)c2ccc(C)s2)cn1. The maximum absolute atomic E-state index is 12.3. The van der Waals surface area contributed by atoms with Crippen LogP contribution in [0.2, 0.25) is 0 Å². The van der Waals surface area contributed by atoms with Crippen LogP contribution in [-0.2, 0) is 16.4 Å². The van der Waals surface area contributed by atoms with E-state index in [9.17, 15) is 8.42 Å². The summed E-state index contributed by atoms with van der Waals surface area (Å²) in [6.45, 7) is 3.97. The molecule has 3 aromatic rings. The summed E-state index contributed by atoms with van der Waals surface area (Å²) in [4.78, 5) is 5.25. The number of hydrogen-bond donors (Lipinski definition) is 2. The first-order chi connectivity index (χ1) is 12.0. The molecule has 0 unspecified atom stereocenters. The number of anilines is 3. The minimum atomic E-state index is -3.57. The highest BCUT2D eigenvalue weighted by Gasteiger charge is 2.16. The van der Waals surface area contributed by atoms with Gasteiger partial charge in [0.05, 0.1) is 11.9 Å². The van der Waals surface area contributed by atoms with E-state index in [1.807, 2.05) is 25.1 Å². The van der Waals surface area contributed by atoms with Crippen molar-refractivity contribution >= 4 is 38.6 Å². The monoisotopic (exact) mass is 373 g/mol. The summed E-state index contributed by atoms with van der Waals surface area (Å²) in [6, 6.07) is 14.9.